The lowest BCUT2D eigenvalue weighted by Gasteiger charge is -2.10. The Morgan fingerprint density at radius 3 is 2.89 bits per heavy atom. The first-order valence-corrected chi connectivity index (χ1v) is 6.32. The molecule has 1 aromatic heterocycles. The van der Waals surface area contributed by atoms with E-state index in [1.54, 1.807) is 23.0 Å². The maximum atomic E-state index is 12.2. The normalized spacial score (nSPS) is 14.4. The number of ether oxygens (including phenoxy) is 1. The molecule has 1 saturated carbocycles. The van der Waals surface area contributed by atoms with Gasteiger partial charge in [-0.05, 0) is 18.9 Å². The third-order valence-corrected chi connectivity index (χ3v) is 3.18. The Labute approximate surface area is 110 Å². The van der Waals surface area contributed by atoms with Crippen molar-refractivity contribution in [2.45, 2.75) is 25.4 Å². The molecular weight excluding hydrogens is 242 g/mol. The highest BCUT2D eigenvalue weighted by Gasteiger charge is 2.25. The van der Waals surface area contributed by atoms with Crippen LogP contribution in [0, 0.1) is 0 Å². The summed E-state index contributed by atoms with van der Waals surface area (Å²) >= 11 is 0. The lowest BCUT2D eigenvalue weighted by atomic mass is 10.2. The number of nitrogens with zero attached hydrogens (tertiary/aromatic N) is 2. The number of benzene rings is 1. The predicted octanol–water partition coefficient (Wildman–Crippen LogP) is 1.83. The molecule has 1 aliphatic carbocycles. The van der Waals surface area contributed by atoms with Gasteiger partial charge in [0.25, 0.3) is 5.88 Å². The van der Waals surface area contributed by atoms with E-state index in [0.717, 1.165) is 18.4 Å². The highest BCUT2D eigenvalue weighted by molar-refractivity contribution is 5.35. The Kier molecular flexibility index (Phi) is 3.05. The Bertz CT molecular complexity index is 647. The maximum Gasteiger partial charge on any atom is 0.313 e. The molecule has 0 atom stereocenters. The van der Waals surface area contributed by atoms with Crippen molar-refractivity contribution in [3.63, 3.8) is 0 Å². The van der Waals surface area contributed by atoms with Crippen LogP contribution >= 0.6 is 0 Å². The third kappa shape index (κ3) is 2.37. The molecule has 0 bridgehead atoms. The lowest BCUT2D eigenvalue weighted by molar-refractivity contribution is 0.439. The fourth-order valence-corrected chi connectivity index (χ4v) is 1.99. The molecule has 0 unspecified atom stereocenters. The number of nitrogens with two attached hydrogens (primary N) is 1. The Balaban J connectivity index is 1.95. The van der Waals surface area contributed by atoms with E-state index in [-0.39, 0.29) is 11.4 Å². The van der Waals surface area contributed by atoms with Gasteiger partial charge in [-0.25, -0.2) is 4.98 Å². The van der Waals surface area contributed by atoms with Crippen molar-refractivity contribution in [2.24, 2.45) is 5.73 Å². The first kappa shape index (κ1) is 11.9. The molecule has 2 N–H and O–H groups in total. The number of para-hydroxylation sites is 1. The summed E-state index contributed by atoms with van der Waals surface area (Å²) in [6.45, 7) is 0.361. The molecule has 1 heterocycles. The van der Waals surface area contributed by atoms with Gasteiger partial charge in [0, 0.05) is 30.5 Å². The third-order valence-electron chi connectivity index (χ3n) is 3.18. The molecule has 19 heavy (non-hydrogen) atoms. The SMILES string of the molecule is NCc1ccccc1Oc1nccn(C2CC2)c1=O. The van der Waals surface area contributed by atoms with Crippen molar-refractivity contribution in [1.29, 1.82) is 0 Å². The minimum absolute atomic E-state index is 0.107. The van der Waals surface area contributed by atoms with Gasteiger partial charge >= 0.3 is 5.56 Å². The van der Waals surface area contributed by atoms with Crippen LogP contribution < -0.4 is 16.0 Å². The molecule has 98 valence electrons. The summed E-state index contributed by atoms with van der Waals surface area (Å²) in [6, 6.07) is 7.70. The summed E-state index contributed by atoms with van der Waals surface area (Å²) in [5.41, 5.74) is 6.32. The topological polar surface area (TPSA) is 70.1 Å². The van der Waals surface area contributed by atoms with Crippen LogP contribution in [0.5, 0.6) is 11.6 Å². The maximum absolute atomic E-state index is 12.2. The predicted molar refractivity (Wildman–Crippen MR) is 71.2 cm³/mol. The van der Waals surface area contributed by atoms with E-state index in [1.165, 1.54) is 0 Å². The van der Waals surface area contributed by atoms with Crippen LogP contribution in [0.15, 0.2) is 41.5 Å². The fraction of sp³-hybridized carbons (Fsp3) is 0.286. The average Bonchev–Trinajstić information content (AvgIpc) is 3.26. The molecule has 0 amide bonds. The summed E-state index contributed by atoms with van der Waals surface area (Å²) in [7, 11) is 0. The van der Waals surface area contributed by atoms with Gasteiger partial charge < -0.3 is 15.0 Å². The van der Waals surface area contributed by atoms with E-state index in [2.05, 4.69) is 4.98 Å². The lowest BCUT2D eigenvalue weighted by Crippen LogP contribution is -2.20. The van der Waals surface area contributed by atoms with E-state index in [9.17, 15) is 4.79 Å². The first-order chi connectivity index (χ1) is 9.29. The van der Waals surface area contributed by atoms with Gasteiger partial charge in [-0.1, -0.05) is 18.2 Å². The van der Waals surface area contributed by atoms with E-state index >= 15 is 0 Å². The van der Waals surface area contributed by atoms with Crippen LogP contribution in [0.1, 0.15) is 24.4 Å². The fourth-order valence-electron chi connectivity index (χ4n) is 1.99. The molecule has 5 heteroatoms. The summed E-state index contributed by atoms with van der Waals surface area (Å²) in [5.74, 6) is 0.693. The smallest absolute Gasteiger partial charge is 0.313 e. The molecule has 1 aromatic carbocycles. The van der Waals surface area contributed by atoms with Crippen LogP contribution in [-0.2, 0) is 6.54 Å². The minimum Gasteiger partial charge on any atom is -0.434 e. The largest absolute Gasteiger partial charge is 0.434 e. The zero-order valence-electron chi connectivity index (χ0n) is 10.5. The summed E-state index contributed by atoms with van der Waals surface area (Å²) in [5, 5.41) is 0. The summed E-state index contributed by atoms with van der Waals surface area (Å²) < 4.78 is 7.31. The van der Waals surface area contributed by atoms with Gasteiger partial charge in [0.2, 0.25) is 0 Å². The van der Waals surface area contributed by atoms with E-state index < -0.39 is 0 Å². The Morgan fingerprint density at radius 1 is 1.37 bits per heavy atom. The first-order valence-electron chi connectivity index (χ1n) is 6.32. The van der Waals surface area contributed by atoms with E-state index in [4.69, 9.17) is 10.5 Å². The van der Waals surface area contributed by atoms with Gasteiger partial charge in [0.05, 0.1) is 0 Å². The zero-order valence-corrected chi connectivity index (χ0v) is 10.5. The standard InChI is InChI=1S/C14H15N3O2/c15-9-10-3-1-2-4-12(10)19-13-14(18)17(8-7-16-13)11-5-6-11/h1-4,7-8,11H,5-6,9,15H2. The van der Waals surface area contributed by atoms with Gasteiger partial charge in [-0.2, -0.15) is 0 Å². The molecule has 1 fully saturated rings. The second-order valence-corrected chi connectivity index (χ2v) is 4.59. The highest BCUT2D eigenvalue weighted by atomic mass is 16.5. The second-order valence-electron chi connectivity index (χ2n) is 4.59. The van der Waals surface area contributed by atoms with Crippen LogP contribution in [-0.4, -0.2) is 9.55 Å². The molecule has 5 nitrogen and oxygen atoms in total. The van der Waals surface area contributed by atoms with Crippen molar-refractivity contribution in [3.8, 4) is 11.6 Å². The highest BCUT2D eigenvalue weighted by Crippen LogP contribution is 2.33. The van der Waals surface area contributed by atoms with Crippen LogP contribution in [0.2, 0.25) is 0 Å². The van der Waals surface area contributed by atoms with Gasteiger partial charge in [0.15, 0.2) is 0 Å². The minimum atomic E-state index is -0.183. The quantitative estimate of drug-likeness (QED) is 0.907. The van der Waals surface area contributed by atoms with Crippen LogP contribution in [0.4, 0.5) is 0 Å². The number of aromatic nitrogens is 2. The van der Waals surface area contributed by atoms with Gasteiger partial charge in [-0.3, -0.25) is 4.79 Å². The molecule has 0 radical (unpaired) electrons. The zero-order chi connectivity index (χ0) is 13.2. The van der Waals surface area contributed by atoms with Gasteiger partial charge in [0.1, 0.15) is 5.75 Å². The molecule has 1 aliphatic rings. The molecule has 2 aromatic rings. The van der Waals surface area contributed by atoms with Crippen molar-refractivity contribution in [1.82, 2.24) is 9.55 Å². The second kappa shape index (κ2) is 4.85. The van der Waals surface area contributed by atoms with Crippen molar-refractivity contribution < 1.29 is 4.74 Å². The molecular formula is C14H15N3O2. The van der Waals surface area contributed by atoms with Crippen LogP contribution in [0.3, 0.4) is 0 Å². The summed E-state index contributed by atoms with van der Waals surface area (Å²) in [6.07, 6.45) is 5.40. The number of rotatable bonds is 4. The van der Waals surface area contributed by atoms with Gasteiger partial charge in [-0.15, -0.1) is 0 Å². The van der Waals surface area contributed by atoms with Crippen molar-refractivity contribution >= 4 is 0 Å². The van der Waals surface area contributed by atoms with Crippen molar-refractivity contribution in [3.05, 3.63) is 52.6 Å². The molecule has 0 saturated heterocycles. The monoisotopic (exact) mass is 257 g/mol. The summed E-state index contributed by atoms with van der Waals surface area (Å²) in [4.78, 5) is 16.2. The Morgan fingerprint density at radius 2 is 2.16 bits per heavy atom. The molecule has 3 rings (SSSR count). The molecule has 0 spiro atoms. The van der Waals surface area contributed by atoms with E-state index in [0.29, 0.717) is 18.3 Å². The molecule has 0 aliphatic heterocycles. The number of hydrogen-bond acceptors (Lipinski definition) is 4. The van der Waals surface area contributed by atoms with Crippen molar-refractivity contribution in [2.75, 3.05) is 0 Å². The van der Waals surface area contributed by atoms with Crippen LogP contribution in [0.25, 0.3) is 0 Å². The van der Waals surface area contributed by atoms with E-state index in [1.807, 2.05) is 18.2 Å². The average molecular weight is 257 g/mol. The Hall–Kier alpha value is -2.14. The number of hydrogen-bond donors (Lipinski definition) is 1.